The zero-order valence-corrected chi connectivity index (χ0v) is 8.20. The van der Waals surface area contributed by atoms with Crippen molar-refractivity contribution in [2.75, 3.05) is 0 Å². The highest BCUT2D eigenvalue weighted by atomic mass is 19.5. The summed E-state index contributed by atoms with van der Waals surface area (Å²) in [5, 5.41) is 8.36. The van der Waals surface area contributed by atoms with Gasteiger partial charge in [-0.25, -0.2) is 0 Å². The molecule has 0 atom stereocenters. The molecule has 1 rings (SSSR count). The summed E-state index contributed by atoms with van der Waals surface area (Å²) in [6, 6.07) is 6.50. The molecule has 0 N–H and O–H groups in total. The van der Waals surface area contributed by atoms with E-state index in [0.29, 0.717) is 11.3 Å². The highest BCUT2D eigenvalue weighted by Gasteiger charge is 2.20. The molecule has 3 nitrogen and oxygen atoms in total. The van der Waals surface area contributed by atoms with Gasteiger partial charge in [-0.3, -0.25) is 4.79 Å². The monoisotopic (exact) mass is 234 g/mol. The molecule has 0 unspecified atom stereocenters. The fraction of sp³-hybridized carbons (Fsp3) is 0.125. The van der Waals surface area contributed by atoms with Crippen LogP contribution in [-0.4, -0.2) is 13.0 Å². The third kappa shape index (κ3) is 7.49. The van der Waals surface area contributed by atoms with Crippen LogP contribution in [0, 0.1) is 5.39 Å². The Kier molecular flexibility index (Phi) is 5.15. The lowest BCUT2D eigenvalue weighted by Crippen LogP contribution is -2.02. The molecule has 0 spiro atoms. The third-order valence-electron chi connectivity index (χ3n) is 1.37. The van der Waals surface area contributed by atoms with E-state index in [9.17, 15) is 22.1 Å². The molecular formula is C8H7BF4N2O. The Morgan fingerprint density at radius 1 is 1.31 bits per heavy atom. The molecule has 1 aromatic carbocycles. The second-order valence-corrected chi connectivity index (χ2v) is 2.70. The van der Waals surface area contributed by atoms with E-state index in [2.05, 4.69) is 4.98 Å². The van der Waals surface area contributed by atoms with Gasteiger partial charge in [-0.15, -0.1) is 0 Å². The largest absolute Gasteiger partial charge is 0.673 e. The van der Waals surface area contributed by atoms with E-state index in [0.717, 1.165) is 0 Å². The summed E-state index contributed by atoms with van der Waals surface area (Å²) in [4.78, 5) is 13.8. The number of halogens is 4. The van der Waals surface area contributed by atoms with Gasteiger partial charge >= 0.3 is 12.9 Å². The van der Waals surface area contributed by atoms with Gasteiger partial charge in [0.25, 0.3) is 0 Å². The van der Waals surface area contributed by atoms with Crippen LogP contribution in [0.5, 0.6) is 0 Å². The maximum absolute atomic E-state index is 10.8. The van der Waals surface area contributed by atoms with Crippen LogP contribution >= 0.6 is 0 Å². The molecule has 86 valence electrons. The van der Waals surface area contributed by atoms with Crippen LogP contribution in [0.3, 0.4) is 0 Å². The predicted molar refractivity (Wildman–Crippen MR) is 51.4 cm³/mol. The predicted octanol–water partition coefficient (Wildman–Crippen LogP) is 3.67. The number of ketones is 1. The molecule has 0 bridgehead atoms. The third-order valence-corrected chi connectivity index (χ3v) is 1.37. The molecule has 0 aliphatic heterocycles. The van der Waals surface area contributed by atoms with E-state index in [1.807, 2.05) is 0 Å². The smallest absolute Gasteiger partial charge is 0.418 e. The van der Waals surface area contributed by atoms with E-state index in [1.54, 1.807) is 18.2 Å². The molecule has 0 fully saturated rings. The minimum absolute atomic E-state index is 0.0319. The minimum atomic E-state index is -6.00. The average Bonchev–Trinajstić information content (AvgIpc) is 2.15. The van der Waals surface area contributed by atoms with Crippen LogP contribution in [0.2, 0.25) is 0 Å². The molecule has 0 radical (unpaired) electrons. The highest BCUT2D eigenvalue weighted by Crippen LogP contribution is 2.13. The molecule has 0 aromatic heterocycles. The number of hydrogen-bond donors (Lipinski definition) is 0. The first kappa shape index (κ1) is 14.1. The van der Waals surface area contributed by atoms with Crippen LogP contribution in [0.1, 0.15) is 17.3 Å². The molecule has 0 heterocycles. The van der Waals surface area contributed by atoms with Crippen molar-refractivity contribution in [3.8, 4) is 0 Å². The summed E-state index contributed by atoms with van der Waals surface area (Å²) in [6.45, 7) is 1.47. The van der Waals surface area contributed by atoms with Crippen LogP contribution in [0.4, 0.5) is 23.0 Å². The fourth-order valence-corrected chi connectivity index (χ4v) is 0.787. The summed E-state index contributed by atoms with van der Waals surface area (Å²) in [7, 11) is -6.00. The molecule has 0 aliphatic carbocycles. The van der Waals surface area contributed by atoms with E-state index in [1.165, 1.54) is 13.0 Å². The number of hydrogen-bond acceptors (Lipinski definition) is 2. The number of benzene rings is 1. The minimum Gasteiger partial charge on any atom is -0.418 e. The Morgan fingerprint density at radius 2 is 1.81 bits per heavy atom. The number of rotatable bonds is 1. The summed E-state index contributed by atoms with van der Waals surface area (Å²) in [5.41, 5.74) is 0.956. The van der Waals surface area contributed by atoms with Crippen molar-refractivity contribution in [3.05, 3.63) is 34.8 Å². The van der Waals surface area contributed by atoms with Gasteiger partial charge in [-0.2, -0.15) is 0 Å². The molecule has 0 saturated heterocycles. The number of Topliss-reactive ketones (excluding diaryl/α,β-unsaturated/α-hetero) is 1. The van der Waals surface area contributed by atoms with Gasteiger partial charge in [0.15, 0.2) is 10.8 Å². The highest BCUT2D eigenvalue weighted by molar-refractivity contribution is 6.50. The Bertz CT molecular complexity index is 407. The second-order valence-electron chi connectivity index (χ2n) is 2.70. The van der Waals surface area contributed by atoms with Crippen LogP contribution in [0.15, 0.2) is 24.3 Å². The Labute approximate surface area is 88.8 Å². The SMILES string of the molecule is CC(=O)c1cccc([N+]#N)c1.F[B-](F)(F)F. The van der Waals surface area contributed by atoms with Crippen LogP contribution in [-0.2, 0) is 0 Å². The van der Waals surface area contributed by atoms with Gasteiger partial charge in [0.2, 0.25) is 5.39 Å². The lowest BCUT2D eigenvalue weighted by Gasteiger charge is -1.94. The van der Waals surface area contributed by atoms with E-state index in [-0.39, 0.29) is 5.78 Å². The summed E-state index contributed by atoms with van der Waals surface area (Å²) >= 11 is 0. The number of carbonyl (C=O) groups excluding carboxylic acids is 1. The van der Waals surface area contributed by atoms with Crippen LogP contribution in [0.25, 0.3) is 4.98 Å². The summed E-state index contributed by atoms with van der Waals surface area (Å²) in [6.07, 6.45) is 0. The molecule has 0 aliphatic rings. The van der Waals surface area contributed by atoms with E-state index < -0.39 is 7.25 Å². The first-order chi connectivity index (χ1) is 7.24. The van der Waals surface area contributed by atoms with Crippen molar-refractivity contribution in [1.29, 1.82) is 5.39 Å². The quantitative estimate of drug-likeness (QED) is 0.322. The Balaban J connectivity index is 0.000000385. The maximum atomic E-state index is 10.8. The van der Waals surface area contributed by atoms with Gasteiger partial charge in [-0.1, -0.05) is 12.1 Å². The zero-order valence-electron chi connectivity index (χ0n) is 8.20. The lowest BCUT2D eigenvalue weighted by molar-refractivity contribution is 0.101. The van der Waals surface area contributed by atoms with Crippen molar-refractivity contribution in [1.82, 2.24) is 0 Å². The zero-order chi connectivity index (χ0) is 12.8. The van der Waals surface area contributed by atoms with E-state index >= 15 is 0 Å². The fourth-order valence-electron chi connectivity index (χ4n) is 0.787. The van der Waals surface area contributed by atoms with Gasteiger partial charge in [-0.05, 0) is 6.92 Å². The first-order valence-corrected chi connectivity index (χ1v) is 4.07. The van der Waals surface area contributed by atoms with Crippen molar-refractivity contribution < 1.29 is 22.1 Å². The standard InChI is InChI=1S/C8H7N2O.BF4/c1-6(11)7-3-2-4-8(5-7)10-9;2-1(3,4)5/h2-5H,1H3;/q+1;-1. The van der Waals surface area contributed by atoms with Gasteiger partial charge in [0, 0.05) is 17.7 Å². The maximum Gasteiger partial charge on any atom is 0.673 e. The van der Waals surface area contributed by atoms with Crippen molar-refractivity contribution in [2.45, 2.75) is 6.92 Å². The first-order valence-electron chi connectivity index (χ1n) is 4.07. The van der Waals surface area contributed by atoms with Crippen molar-refractivity contribution in [3.63, 3.8) is 0 Å². The molecular weight excluding hydrogens is 227 g/mol. The van der Waals surface area contributed by atoms with Gasteiger partial charge in [0.05, 0.1) is 0 Å². The molecule has 0 saturated carbocycles. The molecule has 1 aromatic rings. The van der Waals surface area contributed by atoms with Crippen molar-refractivity contribution >= 4 is 18.7 Å². The number of carbonyl (C=O) groups is 1. The lowest BCUT2D eigenvalue weighted by atomic mass is 10.1. The Hall–Kier alpha value is -1.91. The van der Waals surface area contributed by atoms with Crippen molar-refractivity contribution in [2.24, 2.45) is 0 Å². The molecule has 16 heavy (non-hydrogen) atoms. The normalized spacial score (nSPS) is 9.75. The molecule has 8 heteroatoms. The van der Waals surface area contributed by atoms with Crippen LogP contribution < -0.4 is 0 Å². The van der Waals surface area contributed by atoms with Gasteiger partial charge in [0.1, 0.15) is 0 Å². The number of nitrogens with zero attached hydrogens (tertiary/aromatic N) is 2. The summed E-state index contributed by atoms with van der Waals surface area (Å²) < 4.78 is 39.0. The molecule has 0 amide bonds. The van der Waals surface area contributed by atoms with E-state index in [4.69, 9.17) is 5.39 Å². The van der Waals surface area contributed by atoms with Gasteiger partial charge < -0.3 is 17.3 Å². The Morgan fingerprint density at radius 3 is 2.19 bits per heavy atom. The second kappa shape index (κ2) is 5.85. The average molecular weight is 234 g/mol. The number of diazo groups is 1. The topological polar surface area (TPSA) is 45.2 Å². The summed E-state index contributed by atoms with van der Waals surface area (Å²) in [5.74, 6) is -0.0319.